The quantitative estimate of drug-likeness (QED) is 0.158. The molecule has 6 aromatic rings. The van der Waals surface area contributed by atoms with Gasteiger partial charge in [-0.2, -0.15) is 0 Å². The monoisotopic (exact) mass is 725 g/mol. The first-order chi connectivity index (χ1) is 27.0. The number of piperidine rings is 1. The zero-order chi connectivity index (χ0) is 37.3. The van der Waals surface area contributed by atoms with Crippen LogP contribution in [0.5, 0.6) is 0 Å². The molecule has 6 aromatic carbocycles. The fourth-order valence-corrected chi connectivity index (χ4v) is 8.77. The molecule has 1 fully saturated rings. The standard InChI is InChI=1S/C48H43N3O4/c49-35-23-19-32(20-24-35)28-51(48(53)55-31-46-43-17-7-3-13-39(43)40-14-4-8-18-44(40)46)36-25-21-33(22-26-36)34-10-9-27-50(29-34)47(52)54-30-45-41-15-5-1-11-37(41)38-12-2-6-16-42(38)45/h1-8,11-26,34,45-46H,9-10,27-31,49H2. The van der Waals surface area contributed by atoms with E-state index in [-0.39, 0.29) is 30.5 Å². The van der Waals surface area contributed by atoms with E-state index in [4.69, 9.17) is 15.2 Å². The lowest BCUT2D eigenvalue weighted by molar-refractivity contribution is 0.0892. The predicted octanol–water partition coefficient (Wildman–Crippen LogP) is 10.4. The van der Waals surface area contributed by atoms with Gasteiger partial charge in [-0.15, -0.1) is 0 Å². The van der Waals surface area contributed by atoms with Crippen molar-refractivity contribution in [3.8, 4) is 22.3 Å². The van der Waals surface area contributed by atoms with E-state index in [1.807, 2.05) is 65.6 Å². The number of hydrogen-bond acceptors (Lipinski definition) is 5. The van der Waals surface area contributed by atoms with Crippen molar-refractivity contribution in [2.75, 3.05) is 36.9 Å². The lowest BCUT2D eigenvalue weighted by Crippen LogP contribution is -2.40. The number of amides is 2. The van der Waals surface area contributed by atoms with Crippen LogP contribution in [0.2, 0.25) is 0 Å². The number of nitrogens with two attached hydrogens (primary N) is 1. The van der Waals surface area contributed by atoms with E-state index >= 15 is 0 Å². The number of anilines is 2. The van der Waals surface area contributed by atoms with Crippen LogP contribution in [0.1, 0.15) is 64.0 Å². The van der Waals surface area contributed by atoms with Gasteiger partial charge in [0.2, 0.25) is 0 Å². The van der Waals surface area contributed by atoms with Gasteiger partial charge < -0.3 is 20.1 Å². The number of carbonyl (C=O) groups excluding carboxylic acids is 2. The number of rotatable bonds is 8. The van der Waals surface area contributed by atoms with Gasteiger partial charge in [0.25, 0.3) is 0 Å². The van der Waals surface area contributed by atoms with Gasteiger partial charge in [0, 0.05) is 42.2 Å². The topological polar surface area (TPSA) is 85.1 Å². The Morgan fingerprint density at radius 2 is 1.11 bits per heavy atom. The molecule has 9 rings (SSSR count). The van der Waals surface area contributed by atoms with Crippen LogP contribution in [0.15, 0.2) is 146 Å². The van der Waals surface area contributed by atoms with Gasteiger partial charge in [0.1, 0.15) is 13.2 Å². The van der Waals surface area contributed by atoms with E-state index in [9.17, 15) is 9.59 Å². The highest BCUT2D eigenvalue weighted by Crippen LogP contribution is 2.46. The number of nitrogens with zero attached hydrogens (tertiary/aromatic N) is 2. The molecule has 1 atom stereocenters. The summed E-state index contributed by atoms with van der Waals surface area (Å²) in [6.07, 6.45) is 1.17. The summed E-state index contributed by atoms with van der Waals surface area (Å²) >= 11 is 0. The molecule has 2 aliphatic carbocycles. The SMILES string of the molecule is Nc1ccc(CN(C(=O)OCC2c3ccccc3-c3ccccc32)c2ccc(C3CCCN(C(=O)OCC4c5ccccc5-c5ccccc54)C3)cc2)cc1. The van der Waals surface area contributed by atoms with Gasteiger partial charge in [0.05, 0.1) is 6.54 Å². The maximum atomic E-state index is 14.0. The molecule has 3 aliphatic rings. The molecule has 2 N–H and O–H groups in total. The van der Waals surface area contributed by atoms with Crippen LogP contribution in [-0.4, -0.2) is 43.4 Å². The average Bonchev–Trinajstić information content (AvgIpc) is 3.74. The van der Waals surface area contributed by atoms with Gasteiger partial charge in [-0.05, 0) is 92.7 Å². The summed E-state index contributed by atoms with van der Waals surface area (Å²) in [6, 6.07) is 49.2. The third kappa shape index (κ3) is 6.71. The molecule has 1 heterocycles. The van der Waals surface area contributed by atoms with Crippen molar-refractivity contribution in [3.05, 3.63) is 179 Å². The van der Waals surface area contributed by atoms with Crippen LogP contribution in [-0.2, 0) is 16.0 Å². The van der Waals surface area contributed by atoms with Crippen LogP contribution < -0.4 is 10.6 Å². The van der Waals surface area contributed by atoms with Crippen molar-refractivity contribution >= 4 is 23.6 Å². The van der Waals surface area contributed by atoms with Crippen LogP contribution in [0, 0.1) is 0 Å². The second-order valence-corrected chi connectivity index (χ2v) is 14.8. The minimum Gasteiger partial charge on any atom is -0.448 e. The normalized spacial score (nSPS) is 15.8. The van der Waals surface area contributed by atoms with Gasteiger partial charge in [-0.1, -0.05) is 121 Å². The van der Waals surface area contributed by atoms with Gasteiger partial charge in [-0.25, -0.2) is 9.59 Å². The number of likely N-dealkylation sites (tertiary alicyclic amines) is 1. The molecule has 2 amide bonds. The van der Waals surface area contributed by atoms with E-state index in [0.29, 0.717) is 31.9 Å². The molecule has 0 saturated carbocycles. The highest BCUT2D eigenvalue weighted by atomic mass is 16.6. The third-order valence-corrected chi connectivity index (χ3v) is 11.6. The Labute approximate surface area is 321 Å². The molecule has 7 heteroatoms. The lowest BCUT2D eigenvalue weighted by Gasteiger charge is -2.33. The van der Waals surface area contributed by atoms with E-state index in [1.165, 1.54) is 44.5 Å². The first kappa shape index (κ1) is 34.4. The Hall–Kier alpha value is -6.34. The highest BCUT2D eigenvalue weighted by molar-refractivity contribution is 5.88. The maximum Gasteiger partial charge on any atom is 0.414 e. The Morgan fingerprint density at radius 3 is 1.64 bits per heavy atom. The van der Waals surface area contributed by atoms with Gasteiger partial charge in [-0.3, -0.25) is 4.90 Å². The summed E-state index contributed by atoms with van der Waals surface area (Å²) in [4.78, 5) is 31.0. The van der Waals surface area contributed by atoms with E-state index in [1.54, 1.807) is 4.90 Å². The summed E-state index contributed by atoms with van der Waals surface area (Å²) < 4.78 is 12.2. The largest absolute Gasteiger partial charge is 0.448 e. The van der Waals surface area contributed by atoms with Crippen molar-refractivity contribution < 1.29 is 19.1 Å². The molecule has 1 aliphatic heterocycles. The maximum absolute atomic E-state index is 14.0. The lowest BCUT2D eigenvalue weighted by atomic mass is 9.90. The van der Waals surface area contributed by atoms with Crippen LogP contribution in [0.4, 0.5) is 21.0 Å². The molecule has 1 unspecified atom stereocenters. The molecule has 7 nitrogen and oxygen atoms in total. The molecule has 0 bridgehead atoms. The van der Waals surface area contributed by atoms with Crippen LogP contribution in [0.3, 0.4) is 0 Å². The van der Waals surface area contributed by atoms with E-state index in [0.717, 1.165) is 29.7 Å². The molecule has 274 valence electrons. The fraction of sp³-hybridized carbons (Fsp3) is 0.208. The van der Waals surface area contributed by atoms with Crippen molar-refractivity contribution in [3.63, 3.8) is 0 Å². The Morgan fingerprint density at radius 1 is 0.618 bits per heavy atom. The average molecular weight is 726 g/mol. The van der Waals surface area contributed by atoms with Crippen LogP contribution in [0.25, 0.3) is 22.3 Å². The summed E-state index contributed by atoms with van der Waals surface area (Å²) in [5.74, 6) is 0.142. The Balaban J connectivity index is 0.884. The van der Waals surface area contributed by atoms with Crippen LogP contribution >= 0.6 is 0 Å². The smallest absolute Gasteiger partial charge is 0.414 e. The minimum absolute atomic E-state index is 0.0251. The molecule has 0 aromatic heterocycles. The zero-order valence-electron chi connectivity index (χ0n) is 30.6. The number of benzene rings is 6. The Kier molecular flexibility index (Phi) is 9.28. The van der Waals surface area contributed by atoms with Crippen molar-refractivity contribution in [1.82, 2.24) is 4.90 Å². The number of nitrogen functional groups attached to an aromatic ring is 1. The summed E-state index contributed by atoms with van der Waals surface area (Å²) in [6.45, 7) is 2.12. The predicted molar refractivity (Wildman–Crippen MR) is 217 cm³/mol. The van der Waals surface area contributed by atoms with E-state index in [2.05, 4.69) is 84.9 Å². The first-order valence-electron chi connectivity index (χ1n) is 19.2. The van der Waals surface area contributed by atoms with E-state index < -0.39 is 6.09 Å². The van der Waals surface area contributed by atoms with Crippen molar-refractivity contribution in [2.24, 2.45) is 0 Å². The molecule has 1 saturated heterocycles. The number of carbonyl (C=O) groups is 2. The minimum atomic E-state index is -0.412. The van der Waals surface area contributed by atoms with Gasteiger partial charge >= 0.3 is 12.2 Å². The molecule has 0 radical (unpaired) electrons. The number of hydrogen-bond donors (Lipinski definition) is 1. The number of fused-ring (bicyclic) bond motifs is 6. The van der Waals surface area contributed by atoms with Gasteiger partial charge in [0.15, 0.2) is 0 Å². The first-order valence-corrected chi connectivity index (χ1v) is 19.2. The molecule has 55 heavy (non-hydrogen) atoms. The fourth-order valence-electron chi connectivity index (χ4n) is 8.77. The molecular weight excluding hydrogens is 683 g/mol. The molecule has 0 spiro atoms. The third-order valence-electron chi connectivity index (χ3n) is 11.6. The Bertz CT molecular complexity index is 2260. The summed E-state index contributed by atoms with van der Waals surface area (Å²) in [5.41, 5.74) is 19.0. The summed E-state index contributed by atoms with van der Waals surface area (Å²) in [7, 11) is 0. The second kappa shape index (κ2) is 14.8. The van der Waals surface area contributed by atoms with Crippen molar-refractivity contribution in [1.29, 1.82) is 0 Å². The second-order valence-electron chi connectivity index (χ2n) is 14.8. The van der Waals surface area contributed by atoms with Crippen molar-refractivity contribution in [2.45, 2.75) is 37.1 Å². The summed E-state index contributed by atoms with van der Waals surface area (Å²) in [5, 5.41) is 0. The molecular formula is C48H43N3O4. The number of ether oxygens (including phenoxy) is 2. The highest BCUT2D eigenvalue weighted by Gasteiger charge is 2.32. The zero-order valence-corrected chi connectivity index (χ0v) is 30.6.